The molecule has 2 heterocycles. The Morgan fingerprint density at radius 3 is 2.87 bits per heavy atom. The van der Waals surface area contributed by atoms with E-state index in [-0.39, 0.29) is 0 Å². The molecule has 0 atom stereocenters. The maximum Gasteiger partial charge on any atom is 0.0342 e. The van der Waals surface area contributed by atoms with Crippen molar-refractivity contribution in [2.75, 3.05) is 6.54 Å². The van der Waals surface area contributed by atoms with Gasteiger partial charge in [-0.2, -0.15) is 11.8 Å². The summed E-state index contributed by atoms with van der Waals surface area (Å²) < 4.78 is 0. The topological polar surface area (TPSA) is 41.8 Å². The maximum absolute atomic E-state index is 5.72. The summed E-state index contributed by atoms with van der Waals surface area (Å²) in [5.41, 5.74) is 11.9. The van der Waals surface area contributed by atoms with Crippen LogP contribution in [0.15, 0.2) is 0 Å². The fourth-order valence-electron chi connectivity index (χ4n) is 2.69. The van der Waals surface area contributed by atoms with Crippen LogP contribution >= 0.6 is 11.8 Å². The van der Waals surface area contributed by atoms with E-state index in [0.29, 0.717) is 0 Å². The molecule has 0 spiro atoms. The molecule has 3 heteroatoms. The lowest BCUT2D eigenvalue weighted by Crippen LogP contribution is -2.13. The van der Waals surface area contributed by atoms with Gasteiger partial charge in [-0.3, -0.25) is 0 Å². The SMILES string of the molecule is NCCc1c(C2CCC2)[nH]c2c1CSC2. The zero-order chi connectivity index (χ0) is 10.3. The summed E-state index contributed by atoms with van der Waals surface area (Å²) >= 11 is 2.02. The first-order valence-corrected chi connectivity index (χ1v) is 7.06. The molecule has 2 aliphatic rings. The fraction of sp³-hybridized carbons (Fsp3) is 0.667. The van der Waals surface area contributed by atoms with E-state index in [4.69, 9.17) is 5.73 Å². The van der Waals surface area contributed by atoms with Crippen LogP contribution in [-0.4, -0.2) is 11.5 Å². The number of hydrogen-bond acceptors (Lipinski definition) is 2. The second-order valence-corrected chi connectivity index (χ2v) is 5.62. The molecule has 1 aromatic rings. The smallest absolute Gasteiger partial charge is 0.0342 e. The van der Waals surface area contributed by atoms with Gasteiger partial charge in [0.2, 0.25) is 0 Å². The molecule has 1 aliphatic carbocycles. The van der Waals surface area contributed by atoms with E-state index in [9.17, 15) is 0 Å². The van der Waals surface area contributed by atoms with Gasteiger partial charge in [-0.05, 0) is 42.9 Å². The molecule has 1 fully saturated rings. The number of H-pyrrole nitrogens is 1. The highest BCUT2D eigenvalue weighted by atomic mass is 32.2. The lowest BCUT2D eigenvalue weighted by atomic mass is 9.81. The third-order valence-corrected chi connectivity index (χ3v) is 4.73. The number of fused-ring (bicyclic) bond motifs is 1. The Morgan fingerprint density at radius 2 is 2.20 bits per heavy atom. The van der Waals surface area contributed by atoms with Gasteiger partial charge in [-0.25, -0.2) is 0 Å². The van der Waals surface area contributed by atoms with Gasteiger partial charge in [-0.1, -0.05) is 6.42 Å². The van der Waals surface area contributed by atoms with Crippen molar-refractivity contribution in [2.24, 2.45) is 5.73 Å². The van der Waals surface area contributed by atoms with Crippen molar-refractivity contribution in [1.29, 1.82) is 0 Å². The Kier molecular flexibility index (Phi) is 2.53. The molecular weight excluding hydrogens is 204 g/mol. The molecule has 0 amide bonds. The molecule has 0 bridgehead atoms. The first-order valence-electron chi connectivity index (χ1n) is 5.90. The first kappa shape index (κ1) is 9.79. The number of nitrogens with two attached hydrogens (primary N) is 1. The predicted molar refractivity (Wildman–Crippen MR) is 65.1 cm³/mol. The summed E-state index contributed by atoms with van der Waals surface area (Å²) in [5.74, 6) is 3.20. The van der Waals surface area contributed by atoms with Gasteiger partial charge in [0.15, 0.2) is 0 Å². The van der Waals surface area contributed by atoms with E-state index in [0.717, 1.165) is 18.9 Å². The van der Waals surface area contributed by atoms with E-state index in [1.165, 1.54) is 42.2 Å². The van der Waals surface area contributed by atoms with Crippen molar-refractivity contribution in [3.63, 3.8) is 0 Å². The first-order chi connectivity index (χ1) is 7.40. The Balaban J connectivity index is 1.97. The third-order valence-electron chi connectivity index (χ3n) is 3.74. The summed E-state index contributed by atoms with van der Waals surface area (Å²) in [6.07, 6.45) is 5.23. The number of nitrogens with one attached hydrogen (secondary N) is 1. The zero-order valence-corrected chi connectivity index (χ0v) is 9.83. The highest BCUT2D eigenvalue weighted by Gasteiger charge is 2.28. The van der Waals surface area contributed by atoms with Crippen LogP contribution in [0.25, 0.3) is 0 Å². The van der Waals surface area contributed by atoms with Crippen LogP contribution in [0.1, 0.15) is 47.7 Å². The maximum atomic E-state index is 5.72. The highest BCUT2D eigenvalue weighted by Crippen LogP contribution is 2.42. The van der Waals surface area contributed by atoms with Crippen LogP contribution in [0.3, 0.4) is 0 Å². The average Bonchev–Trinajstić information content (AvgIpc) is 2.67. The lowest BCUT2D eigenvalue weighted by Gasteiger charge is -2.26. The third kappa shape index (κ3) is 1.53. The van der Waals surface area contributed by atoms with Gasteiger partial charge in [0.25, 0.3) is 0 Å². The number of hydrogen-bond donors (Lipinski definition) is 2. The largest absolute Gasteiger partial charge is 0.361 e. The van der Waals surface area contributed by atoms with Gasteiger partial charge in [0.1, 0.15) is 0 Å². The molecule has 1 aliphatic heterocycles. The standard InChI is InChI=1S/C12H18N2S/c13-5-4-9-10-6-15-7-11(10)14-12(9)8-2-1-3-8/h8,14H,1-7,13H2. The molecule has 0 unspecified atom stereocenters. The normalized spacial score (nSPS) is 20.3. The van der Waals surface area contributed by atoms with Crippen LogP contribution in [0.4, 0.5) is 0 Å². The monoisotopic (exact) mass is 222 g/mol. The van der Waals surface area contributed by atoms with Crippen molar-refractivity contribution < 1.29 is 0 Å². The van der Waals surface area contributed by atoms with E-state index in [1.54, 1.807) is 11.1 Å². The summed E-state index contributed by atoms with van der Waals surface area (Å²) in [6.45, 7) is 0.786. The molecule has 15 heavy (non-hydrogen) atoms. The van der Waals surface area contributed by atoms with E-state index in [2.05, 4.69) is 4.98 Å². The molecule has 0 radical (unpaired) electrons. The van der Waals surface area contributed by atoms with E-state index >= 15 is 0 Å². The second kappa shape index (κ2) is 3.87. The second-order valence-electron chi connectivity index (χ2n) is 4.63. The van der Waals surface area contributed by atoms with Crippen LogP contribution in [0, 0.1) is 0 Å². The van der Waals surface area contributed by atoms with Gasteiger partial charge in [0.05, 0.1) is 0 Å². The number of rotatable bonds is 3. The fourth-order valence-corrected chi connectivity index (χ4v) is 3.79. The molecular formula is C12H18N2S. The van der Waals surface area contributed by atoms with Crippen molar-refractivity contribution in [2.45, 2.75) is 43.1 Å². The number of thioether (sulfide) groups is 1. The highest BCUT2D eigenvalue weighted by molar-refractivity contribution is 7.98. The van der Waals surface area contributed by atoms with Crippen LogP contribution in [0.5, 0.6) is 0 Å². The summed E-state index contributed by atoms with van der Waals surface area (Å²) in [4.78, 5) is 3.67. The van der Waals surface area contributed by atoms with E-state index in [1.807, 2.05) is 11.8 Å². The Bertz CT molecular complexity index is 366. The van der Waals surface area contributed by atoms with Crippen LogP contribution < -0.4 is 5.73 Å². The van der Waals surface area contributed by atoms with Gasteiger partial charge >= 0.3 is 0 Å². The molecule has 3 N–H and O–H groups in total. The van der Waals surface area contributed by atoms with Gasteiger partial charge < -0.3 is 10.7 Å². The van der Waals surface area contributed by atoms with Crippen molar-refractivity contribution in [3.8, 4) is 0 Å². The van der Waals surface area contributed by atoms with Crippen molar-refractivity contribution in [3.05, 3.63) is 22.5 Å². The molecule has 2 nitrogen and oxygen atoms in total. The minimum absolute atomic E-state index is 0.786. The Hall–Kier alpha value is -0.410. The lowest BCUT2D eigenvalue weighted by molar-refractivity contribution is 0.409. The average molecular weight is 222 g/mol. The molecule has 0 saturated heterocycles. The summed E-state index contributed by atoms with van der Waals surface area (Å²) in [6, 6.07) is 0. The molecule has 3 rings (SSSR count). The molecule has 82 valence electrons. The summed E-state index contributed by atoms with van der Waals surface area (Å²) in [7, 11) is 0. The van der Waals surface area contributed by atoms with Crippen LogP contribution in [-0.2, 0) is 17.9 Å². The van der Waals surface area contributed by atoms with Crippen LogP contribution in [0.2, 0.25) is 0 Å². The van der Waals surface area contributed by atoms with Gasteiger partial charge in [-0.15, -0.1) is 0 Å². The zero-order valence-electron chi connectivity index (χ0n) is 9.01. The molecule has 1 saturated carbocycles. The summed E-state index contributed by atoms with van der Waals surface area (Å²) in [5, 5.41) is 0. The van der Waals surface area contributed by atoms with E-state index < -0.39 is 0 Å². The quantitative estimate of drug-likeness (QED) is 0.825. The van der Waals surface area contributed by atoms with Crippen molar-refractivity contribution >= 4 is 11.8 Å². The Morgan fingerprint density at radius 1 is 1.33 bits per heavy atom. The predicted octanol–water partition coefficient (Wildman–Crippen LogP) is 2.53. The molecule has 0 aromatic carbocycles. The Labute approximate surface area is 95.0 Å². The molecule has 1 aromatic heterocycles. The number of aromatic amines is 1. The van der Waals surface area contributed by atoms with Gasteiger partial charge in [0, 0.05) is 22.9 Å². The minimum atomic E-state index is 0.786. The minimum Gasteiger partial charge on any atom is -0.361 e. The van der Waals surface area contributed by atoms with Crippen molar-refractivity contribution in [1.82, 2.24) is 4.98 Å². The number of aromatic nitrogens is 1.